The number of hydrogen-bond donors (Lipinski definition) is 4. The van der Waals surface area contributed by atoms with Crippen molar-refractivity contribution < 1.29 is 10.2 Å². The fourth-order valence-corrected chi connectivity index (χ4v) is 0.871. The van der Waals surface area contributed by atoms with Crippen LogP contribution in [0.15, 0.2) is 24.3 Å². The van der Waals surface area contributed by atoms with Crippen molar-refractivity contribution in [3.05, 3.63) is 24.3 Å². The molecule has 0 aromatic heterocycles. The maximum atomic E-state index is 9.26. The Morgan fingerprint density at radius 3 is 2.23 bits per heavy atom. The van der Waals surface area contributed by atoms with E-state index in [1.54, 1.807) is 24.3 Å². The third-order valence-corrected chi connectivity index (χ3v) is 1.68. The lowest BCUT2D eigenvalue weighted by Crippen LogP contribution is -2.30. The molecule has 2 atom stereocenters. The van der Waals surface area contributed by atoms with Crippen LogP contribution in [0.3, 0.4) is 0 Å². The number of benzene rings is 1. The second kappa shape index (κ2) is 4.11. The SMILES string of the molecule is CC(O)C(O)Nc1ccc(N)cc1. The van der Waals surface area contributed by atoms with Gasteiger partial charge in [-0.05, 0) is 31.2 Å². The van der Waals surface area contributed by atoms with Gasteiger partial charge in [0.2, 0.25) is 0 Å². The number of nitrogens with one attached hydrogen (secondary N) is 1. The highest BCUT2D eigenvalue weighted by Crippen LogP contribution is 2.11. The van der Waals surface area contributed by atoms with Gasteiger partial charge in [0.25, 0.3) is 0 Å². The van der Waals surface area contributed by atoms with Gasteiger partial charge in [-0.1, -0.05) is 0 Å². The molecule has 0 aliphatic heterocycles. The quantitative estimate of drug-likeness (QED) is 0.402. The van der Waals surface area contributed by atoms with Gasteiger partial charge in [-0.15, -0.1) is 0 Å². The predicted molar refractivity (Wildman–Crippen MR) is 52.2 cm³/mol. The second-order valence-corrected chi connectivity index (χ2v) is 2.95. The molecule has 4 heteroatoms. The summed E-state index contributed by atoms with van der Waals surface area (Å²) in [6.45, 7) is 1.51. The highest BCUT2D eigenvalue weighted by atomic mass is 16.3. The van der Waals surface area contributed by atoms with Gasteiger partial charge in [0.15, 0.2) is 0 Å². The lowest BCUT2D eigenvalue weighted by atomic mass is 10.2. The minimum atomic E-state index is -0.955. The first kappa shape index (κ1) is 9.83. The van der Waals surface area contributed by atoms with Crippen LogP contribution < -0.4 is 11.1 Å². The van der Waals surface area contributed by atoms with Gasteiger partial charge in [0.1, 0.15) is 6.23 Å². The van der Waals surface area contributed by atoms with Crippen molar-refractivity contribution in [2.75, 3.05) is 11.1 Å². The van der Waals surface area contributed by atoms with Crippen molar-refractivity contribution in [3.8, 4) is 0 Å². The summed E-state index contributed by atoms with van der Waals surface area (Å²) in [5, 5.41) is 21.0. The second-order valence-electron chi connectivity index (χ2n) is 2.95. The number of aliphatic hydroxyl groups is 2. The van der Waals surface area contributed by atoms with Crippen molar-refractivity contribution in [1.82, 2.24) is 0 Å². The molecule has 5 N–H and O–H groups in total. The number of nitrogen functional groups attached to an aromatic ring is 1. The van der Waals surface area contributed by atoms with Crippen molar-refractivity contribution >= 4 is 11.4 Å². The number of nitrogens with two attached hydrogens (primary N) is 1. The standard InChI is InChI=1S/C9H14N2O2/c1-6(12)9(13)11-8-4-2-7(10)3-5-8/h2-6,9,11-13H,10H2,1H3. The topological polar surface area (TPSA) is 78.5 Å². The average molecular weight is 182 g/mol. The van der Waals surface area contributed by atoms with Crippen molar-refractivity contribution in [2.45, 2.75) is 19.3 Å². The van der Waals surface area contributed by atoms with Crippen LogP contribution in [0.2, 0.25) is 0 Å². The highest BCUT2D eigenvalue weighted by molar-refractivity contribution is 5.51. The number of rotatable bonds is 3. The Balaban J connectivity index is 2.59. The largest absolute Gasteiger partial charge is 0.399 e. The van der Waals surface area contributed by atoms with Crippen LogP contribution in [0.1, 0.15) is 6.92 Å². The van der Waals surface area contributed by atoms with E-state index in [0.717, 1.165) is 5.69 Å². The maximum Gasteiger partial charge on any atom is 0.150 e. The minimum Gasteiger partial charge on any atom is -0.399 e. The van der Waals surface area contributed by atoms with Crippen LogP contribution in [0.5, 0.6) is 0 Å². The lowest BCUT2D eigenvalue weighted by molar-refractivity contribution is 0.0497. The molecular formula is C9H14N2O2. The zero-order valence-electron chi connectivity index (χ0n) is 7.44. The third-order valence-electron chi connectivity index (χ3n) is 1.68. The van der Waals surface area contributed by atoms with Gasteiger partial charge in [-0.3, -0.25) is 0 Å². The summed E-state index contributed by atoms with van der Waals surface area (Å²) in [6, 6.07) is 6.91. The summed E-state index contributed by atoms with van der Waals surface area (Å²) >= 11 is 0. The van der Waals surface area contributed by atoms with Gasteiger partial charge in [-0.25, -0.2) is 0 Å². The smallest absolute Gasteiger partial charge is 0.150 e. The minimum absolute atomic E-state index is 0.664. The van der Waals surface area contributed by atoms with E-state index in [0.29, 0.717) is 5.69 Å². The molecule has 0 saturated heterocycles. The molecule has 1 aromatic rings. The molecule has 0 bridgehead atoms. The van der Waals surface area contributed by atoms with E-state index in [-0.39, 0.29) is 0 Å². The zero-order chi connectivity index (χ0) is 9.84. The first-order chi connectivity index (χ1) is 6.09. The van der Waals surface area contributed by atoms with Crippen LogP contribution >= 0.6 is 0 Å². The van der Waals surface area contributed by atoms with E-state index in [1.807, 2.05) is 0 Å². The van der Waals surface area contributed by atoms with E-state index in [1.165, 1.54) is 6.92 Å². The number of anilines is 2. The molecule has 0 saturated carbocycles. The van der Waals surface area contributed by atoms with Gasteiger partial charge >= 0.3 is 0 Å². The summed E-state index contributed by atoms with van der Waals surface area (Å²) in [5.74, 6) is 0. The lowest BCUT2D eigenvalue weighted by Gasteiger charge is -2.16. The van der Waals surface area contributed by atoms with Crippen LogP contribution in [-0.4, -0.2) is 22.5 Å². The third kappa shape index (κ3) is 2.93. The Kier molecular flexibility index (Phi) is 3.11. The molecule has 0 heterocycles. The van der Waals surface area contributed by atoms with Crippen LogP contribution in [0.25, 0.3) is 0 Å². The first-order valence-corrected chi connectivity index (χ1v) is 4.08. The molecule has 13 heavy (non-hydrogen) atoms. The molecular weight excluding hydrogens is 168 g/mol. The van der Waals surface area contributed by atoms with E-state index >= 15 is 0 Å². The molecule has 0 fully saturated rings. The van der Waals surface area contributed by atoms with Gasteiger partial charge in [-0.2, -0.15) is 0 Å². The Labute approximate surface area is 77.0 Å². The predicted octanol–water partition coefficient (Wildman–Crippen LogP) is 0.380. The fourth-order valence-electron chi connectivity index (χ4n) is 0.871. The van der Waals surface area contributed by atoms with E-state index in [4.69, 9.17) is 10.8 Å². The van der Waals surface area contributed by atoms with Gasteiger partial charge in [0, 0.05) is 11.4 Å². The first-order valence-electron chi connectivity index (χ1n) is 4.08. The highest BCUT2D eigenvalue weighted by Gasteiger charge is 2.09. The fraction of sp³-hybridized carbons (Fsp3) is 0.333. The molecule has 1 rings (SSSR count). The summed E-state index contributed by atoms with van der Waals surface area (Å²) in [7, 11) is 0. The van der Waals surface area contributed by atoms with Crippen molar-refractivity contribution in [2.24, 2.45) is 0 Å². The number of aliphatic hydroxyl groups excluding tert-OH is 2. The van der Waals surface area contributed by atoms with Gasteiger partial charge < -0.3 is 21.3 Å². The summed E-state index contributed by atoms with van der Waals surface area (Å²) in [6.07, 6.45) is -1.76. The Hall–Kier alpha value is -1.26. The molecule has 0 amide bonds. The molecule has 4 nitrogen and oxygen atoms in total. The maximum absolute atomic E-state index is 9.26. The molecule has 0 spiro atoms. The Morgan fingerprint density at radius 1 is 1.23 bits per heavy atom. The van der Waals surface area contributed by atoms with Gasteiger partial charge in [0.05, 0.1) is 6.10 Å². The molecule has 1 aromatic carbocycles. The van der Waals surface area contributed by atoms with Crippen molar-refractivity contribution in [1.29, 1.82) is 0 Å². The zero-order valence-corrected chi connectivity index (χ0v) is 7.44. The van der Waals surface area contributed by atoms with Crippen LogP contribution in [0.4, 0.5) is 11.4 Å². The normalized spacial score (nSPS) is 15.0. The van der Waals surface area contributed by atoms with Crippen LogP contribution in [-0.2, 0) is 0 Å². The van der Waals surface area contributed by atoms with Crippen LogP contribution in [0, 0.1) is 0 Å². The number of hydrogen-bond acceptors (Lipinski definition) is 4. The van der Waals surface area contributed by atoms with E-state index in [2.05, 4.69) is 5.32 Å². The summed E-state index contributed by atoms with van der Waals surface area (Å²) < 4.78 is 0. The molecule has 2 unspecified atom stereocenters. The summed E-state index contributed by atoms with van der Waals surface area (Å²) in [4.78, 5) is 0. The molecule has 0 radical (unpaired) electrons. The average Bonchev–Trinajstić information content (AvgIpc) is 2.08. The van der Waals surface area contributed by atoms with E-state index in [9.17, 15) is 5.11 Å². The Bertz CT molecular complexity index is 259. The summed E-state index contributed by atoms with van der Waals surface area (Å²) in [5.41, 5.74) is 6.87. The molecule has 72 valence electrons. The van der Waals surface area contributed by atoms with E-state index < -0.39 is 12.3 Å². The molecule has 0 aliphatic rings. The monoisotopic (exact) mass is 182 g/mol. The van der Waals surface area contributed by atoms with Crippen molar-refractivity contribution in [3.63, 3.8) is 0 Å². The molecule has 0 aliphatic carbocycles. The Morgan fingerprint density at radius 2 is 1.77 bits per heavy atom.